The molecule has 1 N–H and O–H groups in total. The normalized spacial score (nSPS) is 12.7. The molecule has 7 heteroatoms. The lowest BCUT2D eigenvalue weighted by atomic mass is 9.97. The number of fused-ring (bicyclic) bond motifs is 1. The third kappa shape index (κ3) is 4.82. The van der Waals surface area contributed by atoms with Crippen molar-refractivity contribution in [1.29, 1.82) is 0 Å². The van der Waals surface area contributed by atoms with E-state index in [1.165, 1.54) is 12.3 Å². The van der Waals surface area contributed by atoms with Gasteiger partial charge in [0.05, 0.1) is 6.04 Å². The quantitative estimate of drug-likeness (QED) is 0.439. The highest BCUT2D eigenvalue weighted by Crippen LogP contribution is 2.24. The van der Waals surface area contributed by atoms with Gasteiger partial charge in [0.1, 0.15) is 5.65 Å². The van der Waals surface area contributed by atoms with Gasteiger partial charge in [0, 0.05) is 36.5 Å². The minimum atomic E-state index is -0.500. The van der Waals surface area contributed by atoms with Crippen LogP contribution in [-0.4, -0.2) is 19.5 Å². The number of pyridine rings is 2. The summed E-state index contributed by atoms with van der Waals surface area (Å²) in [5, 5.41) is 4.14. The van der Waals surface area contributed by atoms with Crippen LogP contribution in [0.3, 0.4) is 0 Å². The molecule has 6 nitrogen and oxygen atoms in total. The molecule has 0 aliphatic rings. The monoisotopic (exact) mass is 431 g/mol. The summed E-state index contributed by atoms with van der Waals surface area (Å²) in [6, 6.07) is 14.3. The van der Waals surface area contributed by atoms with E-state index in [1.54, 1.807) is 29.0 Å². The molecule has 0 unspecified atom stereocenters. The number of nitrogens with zero attached hydrogens (tertiary/aromatic N) is 4. The van der Waals surface area contributed by atoms with Crippen LogP contribution >= 0.6 is 0 Å². The highest BCUT2D eigenvalue weighted by molar-refractivity contribution is 5.75. The molecule has 0 bridgehead atoms. The lowest BCUT2D eigenvalue weighted by molar-refractivity contribution is 0.343. The van der Waals surface area contributed by atoms with Gasteiger partial charge < -0.3 is 5.32 Å². The molecule has 164 valence electrons. The van der Waals surface area contributed by atoms with Crippen LogP contribution in [0.1, 0.15) is 39.3 Å². The van der Waals surface area contributed by atoms with E-state index in [0.29, 0.717) is 18.1 Å². The van der Waals surface area contributed by atoms with Gasteiger partial charge in [0.15, 0.2) is 0 Å². The SMILES string of the molecule is C[C@H](Nc1ncc2ccc(=O)n(CC(C)(C)C)c2n1)c1ccc(-c2ccnc(F)c2)cc1. The van der Waals surface area contributed by atoms with Gasteiger partial charge in [-0.1, -0.05) is 45.0 Å². The topological polar surface area (TPSA) is 72.7 Å². The molecule has 1 atom stereocenters. The fourth-order valence-electron chi connectivity index (χ4n) is 3.59. The average Bonchev–Trinajstić information content (AvgIpc) is 2.75. The van der Waals surface area contributed by atoms with Gasteiger partial charge in [-0.05, 0) is 41.2 Å². The predicted molar refractivity (Wildman–Crippen MR) is 125 cm³/mol. The van der Waals surface area contributed by atoms with Crippen molar-refractivity contribution < 1.29 is 4.39 Å². The number of rotatable bonds is 5. The average molecular weight is 432 g/mol. The maximum Gasteiger partial charge on any atom is 0.252 e. The lowest BCUT2D eigenvalue weighted by Gasteiger charge is -2.21. The number of anilines is 1. The Hall–Kier alpha value is -3.61. The molecule has 0 radical (unpaired) electrons. The van der Waals surface area contributed by atoms with E-state index < -0.39 is 5.95 Å². The highest BCUT2D eigenvalue weighted by atomic mass is 19.1. The minimum Gasteiger partial charge on any atom is -0.348 e. The van der Waals surface area contributed by atoms with Crippen LogP contribution in [0.25, 0.3) is 22.2 Å². The Bertz CT molecular complexity index is 1310. The number of hydrogen-bond acceptors (Lipinski definition) is 5. The number of benzene rings is 1. The van der Waals surface area contributed by atoms with E-state index in [2.05, 4.69) is 41.0 Å². The second-order valence-electron chi connectivity index (χ2n) is 9.15. The predicted octanol–water partition coefficient (Wildman–Crippen LogP) is 5.21. The molecular formula is C25H26FN5O. The summed E-state index contributed by atoms with van der Waals surface area (Å²) in [4.78, 5) is 25.2. The minimum absolute atomic E-state index is 0.0661. The fourth-order valence-corrected chi connectivity index (χ4v) is 3.59. The number of nitrogens with one attached hydrogen (secondary N) is 1. The molecule has 0 aliphatic heterocycles. The molecule has 4 rings (SSSR count). The smallest absolute Gasteiger partial charge is 0.252 e. The third-order valence-corrected chi connectivity index (χ3v) is 5.17. The van der Waals surface area contributed by atoms with E-state index >= 15 is 0 Å². The lowest BCUT2D eigenvalue weighted by Crippen LogP contribution is -2.27. The highest BCUT2D eigenvalue weighted by Gasteiger charge is 2.16. The van der Waals surface area contributed by atoms with Crippen molar-refractivity contribution in [3.63, 3.8) is 0 Å². The van der Waals surface area contributed by atoms with Crippen molar-refractivity contribution in [3.05, 3.63) is 82.8 Å². The van der Waals surface area contributed by atoms with Gasteiger partial charge in [0.2, 0.25) is 11.9 Å². The first kappa shape index (κ1) is 21.6. The van der Waals surface area contributed by atoms with Crippen LogP contribution in [0.15, 0.2) is 65.7 Å². The summed E-state index contributed by atoms with van der Waals surface area (Å²) >= 11 is 0. The van der Waals surface area contributed by atoms with Gasteiger partial charge in [-0.3, -0.25) is 9.36 Å². The standard InChI is InChI=1S/C25H26FN5O/c1-16(17-5-7-18(8-6-17)19-11-12-27-21(26)13-19)29-24-28-14-20-9-10-22(32)31(23(20)30-24)15-25(2,3)4/h5-14,16H,15H2,1-4H3,(H,28,29,30)/t16-/m0/s1. The molecular weight excluding hydrogens is 405 g/mol. The molecule has 0 fully saturated rings. The molecule has 3 heterocycles. The first-order chi connectivity index (χ1) is 15.2. The van der Waals surface area contributed by atoms with Crippen LogP contribution in [-0.2, 0) is 6.54 Å². The van der Waals surface area contributed by atoms with Crippen LogP contribution in [0, 0.1) is 11.4 Å². The summed E-state index contributed by atoms with van der Waals surface area (Å²) in [6.07, 6.45) is 3.19. The van der Waals surface area contributed by atoms with Gasteiger partial charge in [-0.2, -0.15) is 9.37 Å². The first-order valence-electron chi connectivity index (χ1n) is 10.5. The van der Waals surface area contributed by atoms with Crippen molar-refractivity contribution in [2.75, 3.05) is 5.32 Å². The Morgan fingerprint density at radius 2 is 1.78 bits per heavy atom. The summed E-state index contributed by atoms with van der Waals surface area (Å²) < 4.78 is 15.1. The summed E-state index contributed by atoms with van der Waals surface area (Å²) in [6.45, 7) is 8.84. The molecule has 4 aromatic rings. The largest absolute Gasteiger partial charge is 0.348 e. The van der Waals surface area contributed by atoms with E-state index in [4.69, 9.17) is 0 Å². The van der Waals surface area contributed by atoms with E-state index in [0.717, 1.165) is 22.1 Å². The van der Waals surface area contributed by atoms with Gasteiger partial charge in [0.25, 0.3) is 5.56 Å². The van der Waals surface area contributed by atoms with Crippen LogP contribution in [0.2, 0.25) is 0 Å². The van der Waals surface area contributed by atoms with Crippen molar-refractivity contribution in [2.24, 2.45) is 5.41 Å². The zero-order chi connectivity index (χ0) is 22.9. The Kier molecular flexibility index (Phi) is 5.74. The van der Waals surface area contributed by atoms with Crippen LogP contribution in [0.5, 0.6) is 0 Å². The number of hydrogen-bond donors (Lipinski definition) is 1. The van der Waals surface area contributed by atoms with Crippen LogP contribution in [0.4, 0.5) is 10.3 Å². The third-order valence-electron chi connectivity index (χ3n) is 5.17. The second kappa shape index (κ2) is 8.49. The summed E-state index contributed by atoms with van der Waals surface area (Å²) in [7, 11) is 0. The molecule has 0 spiro atoms. The molecule has 1 aromatic carbocycles. The van der Waals surface area contributed by atoms with E-state index in [1.807, 2.05) is 31.2 Å². The molecule has 0 amide bonds. The Balaban J connectivity index is 1.59. The number of halogens is 1. The van der Waals surface area contributed by atoms with Gasteiger partial charge in [-0.25, -0.2) is 9.97 Å². The number of aromatic nitrogens is 4. The van der Waals surface area contributed by atoms with Crippen LogP contribution < -0.4 is 10.9 Å². The van der Waals surface area contributed by atoms with Gasteiger partial charge >= 0.3 is 0 Å². The summed E-state index contributed by atoms with van der Waals surface area (Å²) in [5.41, 5.74) is 3.20. The van der Waals surface area contributed by atoms with E-state index in [-0.39, 0.29) is 17.0 Å². The Labute approximate surface area is 186 Å². The van der Waals surface area contributed by atoms with Crippen molar-refractivity contribution in [1.82, 2.24) is 19.5 Å². The summed E-state index contributed by atoms with van der Waals surface area (Å²) in [5.74, 6) is -0.0430. The molecule has 0 saturated carbocycles. The van der Waals surface area contributed by atoms with Crippen molar-refractivity contribution >= 4 is 17.0 Å². The molecule has 32 heavy (non-hydrogen) atoms. The first-order valence-corrected chi connectivity index (χ1v) is 10.5. The molecule has 3 aromatic heterocycles. The molecule has 0 aliphatic carbocycles. The fraction of sp³-hybridized carbons (Fsp3) is 0.280. The molecule has 0 saturated heterocycles. The van der Waals surface area contributed by atoms with Crippen molar-refractivity contribution in [3.8, 4) is 11.1 Å². The van der Waals surface area contributed by atoms with Crippen molar-refractivity contribution in [2.45, 2.75) is 40.3 Å². The maximum absolute atomic E-state index is 13.4. The van der Waals surface area contributed by atoms with E-state index in [9.17, 15) is 9.18 Å². The zero-order valence-corrected chi connectivity index (χ0v) is 18.6. The maximum atomic E-state index is 13.4. The zero-order valence-electron chi connectivity index (χ0n) is 18.6. The van der Waals surface area contributed by atoms with Gasteiger partial charge in [-0.15, -0.1) is 0 Å². The second-order valence-corrected chi connectivity index (χ2v) is 9.15. The Morgan fingerprint density at radius 1 is 1.03 bits per heavy atom. The Morgan fingerprint density at radius 3 is 2.47 bits per heavy atom.